The summed E-state index contributed by atoms with van der Waals surface area (Å²) >= 11 is 0. The van der Waals surface area contributed by atoms with Gasteiger partial charge in [0.25, 0.3) is 5.91 Å². The summed E-state index contributed by atoms with van der Waals surface area (Å²) in [6.07, 6.45) is 5.00. The van der Waals surface area contributed by atoms with Crippen molar-refractivity contribution in [1.29, 1.82) is 0 Å². The van der Waals surface area contributed by atoms with Crippen LogP contribution in [0.2, 0.25) is 0 Å². The highest BCUT2D eigenvalue weighted by molar-refractivity contribution is 6.04. The lowest BCUT2D eigenvalue weighted by molar-refractivity contribution is 0.102. The first-order valence-electron chi connectivity index (χ1n) is 8.73. The number of hydrogen-bond donors (Lipinski definition) is 2. The summed E-state index contributed by atoms with van der Waals surface area (Å²) in [4.78, 5) is 16.3. The molecule has 9 nitrogen and oxygen atoms in total. The molecule has 2 N–H and O–H groups in total. The molecule has 3 heterocycles. The van der Waals surface area contributed by atoms with Gasteiger partial charge in [-0.1, -0.05) is 0 Å². The van der Waals surface area contributed by atoms with E-state index in [9.17, 15) is 4.79 Å². The molecule has 9 heteroatoms. The lowest BCUT2D eigenvalue weighted by Crippen LogP contribution is -2.12. The molecule has 1 amide bonds. The fourth-order valence-electron chi connectivity index (χ4n) is 2.57. The van der Waals surface area contributed by atoms with Crippen molar-refractivity contribution in [3.8, 4) is 11.7 Å². The molecule has 0 aliphatic carbocycles. The molecule has 1 aromatic carbocycles. The zero-order chi connectivity index (χ0) is 20.1. The van der Waals surface area contributed by atoms with Gasteiger partial charge in [-0.05, 0) is 48.5 Å². The monoisotopic (exact) mass is 387 g/mol. The summed E-state index contributed by atoms with van der Waals surface area (Å²) in [7, 11) is 1.51. The Kier molecular flexibility index (Phi) is 5.10. The van der Waals surface area contributed by atoms with Gasteiger partial charge >= 0.3 is 0 Å². The van der Waals surface area contributed by atoms with Gasteiger partial charge in [-0.3, -0.25) is 4.79 Å². The fraction of sp³-hybridized carbons (Fsp3) is 0.0500. The van der Waals surface area contributed by atoms with Crippen LogP contribution in [0.1, 0.15) is 10.4 Å². The number of aromatic nitrogens is 5. The Hall–Kier alpha value is -4.27. The van der Waals surface area contributed by atoms with Crippen molar-refractivity contribution in [2.24, 2.45) is 0 Å². The molecule has 144 valence electrons. The number of rotatable bonds is 6. The van der Waals surface area contributed by atoms with Gasteiger partial charge in [-0.2, -0.15) is 5.10 Å². The normalized spacial score (nSPS) is 10.4. The number of nitrogens with zero attached hydrogens (tertiary/aromatic N) is 5. The summed E-state index contributed by atoms with van der Waals surface area (Å²) < 4.78 is 6.67. The molecule has 0 radical (unpaired) electrons. The molecule has 0 atom stereocenters. The van der Waals surface area contributed by atoms with Gasteiger partial charge in [-0.15, -0.1) is 10.2 Å². The number of ether oxygens (including phenoxy) is 1. The maximum atomic E-state index is 12.4. The molecule has 0 unspecified atom stereocenters. The number of benzene rings is 1. The highest BCUT2D eigenvalue weighted by Gasteiger charge is 2.08. The van der Waals surface area contributed by atoms with E-state index in [1.54, 1.807) is 41.3 Å². The van der Waals surface area contributed by atoms with Crippen molar-refractivity contribution in [2.45, 2.75) is 0 Å². The van der Waals surface area contributed by atoms with Crippen molar-refractivity contribution in [2.75, 3.05) is 17.7 Å². The van der Waals surface area contributed by atoms with E-state index in [2.05, 4.69) is 30.9 Å². The number of nitrogens with one attached hydrogen (secondary N) is 2. The van der Waals surface area contributed by atoms with Gasteiger partial charge in [0.15, 0.2) is 11.6 Å². The van der Waals surface area contributed by atoms with Crippen molar-refractivity contribution < 1.29 is 9.53 Å². The van der Waals surface area contributed by atoms with Crippen LogP contribution in [-0.2, 0) is 0 Å². The van der Waals surface area contributed by atoms with Crippen LogP contribution in [0.15, 0.2) is 73.2 Å². The second kappa shape index (κ2) is 8.17. The maximum Gasteiger partial charge on any atom is 0.255 e. The molecule has 0 saturated heterocycles. The molecule has 0 bridgehead atoms. The van der Waals surface area contributed by atoms with Crippen molar-refractivity contribution in [1.82, 2.24) is 25.0 Å². The summed E-state index contributed by atoms with van der Waals surface area (Å²) in [6, 6.07) is 15.9. The van der Waals surface area contributed by atoms with Crippen LogP contribution >= 0.6 is 0 Å². The van der Waals surface area contributed by atoms with E-state index in [0.29, 0.717) is 28.8 Å². The van der Waals surface area contributed by atoms with Crippen LogP contribution in [0, 0.1) is 0 Å². The minimum absolute atomic E-state index is 0.244. The minimum atomic E-state index is -0.244. The van der Waals surface area contributed by atoms with Crippen LogP contribution < -0.4 is 15.4 Å². The number of carbonyl (C=O) groups is 1. The Morgan fingerprint density at radius 2 is 1.83 bits per heavy atom. The van der Waals surface area contributed by atoms with Gasteiger partial charge in [0.2, 0.25) is 5.88 Å². The van der Waals surface area contributed by atoms with Gasteiger partial charge in [0.1, 0.15) is 0 Å². The molecule has 0 fully saturated rings. The first kappa shape index (κ1) is 18.1. The van der Waals surface area contributed by atoms with Crippen LogP contribution in [0.5, 0.6) is 5.88 Å². The molecular weight excluding hydrogens is 370 g/mol. The molecule has 29 heavy (non-hydrogen) atoms. The van der Waals surface area contributed by atoms with Crippen molar-refractivity contribution in [3.05, 3.63) is 78.8 Å². The van der Waals surface area contributed by atoms with Crippen LogP contribution in [-0.4, -0.2) is 38.0 Å². The topological polar surface area (TPSA) is 107 Å². The van der Waals surface area contributed by atoms with E-state index < -0.39 is 0 Å². The molecule has 0 aliphatic heterocycles. The summed E-state index contributed by atoms with van der Waals surface area (Å²) in [5, 5.41) is 18.4. The number of methoxy groups -OCH3 is 1. The molecule has 4 aromatic rings. The Labute approximate surface area is 166 Å². The fourth-order valence-corrected chi connectivity index (χ4v) is 2.57. The molecule has 4 rings (SSSR count). The van der Waals surface area contributed by atoms with Crippen LogP contribution in [0.4, 0.5) is 17.2 Å². The zero-order valence-corrected chi connectivity index (χ0v) is 15.5. The quantitative estimate of drug-likeness (QED) is 0.523. The van der Waals surface area contributed by atoms with E-state index >= 15 is 0 Å². The number of pyridine rings is 1. The van der Waals surface area contributed by atoms with Gasteiger partial charge in [-0.25, -0.2) is 9.67 Å². The van der Waals surface area contributed by atoms with E-state index in [1.807, 2.05) is 30.3 Å². The van der Waals surface area contributed by atoms with Crippen molar-refractivity contribution >= 4 is 23.1 Å². The smallest absolute Gasteiger partial charge is 0.255 e. The van der Waals surface area contributed by atoms with Gasteiger partial charge in [0, 0.05) is 41.6 Å². The number of anilines is 3. The molecule has 3 aromatic heterocycles. The van der Waals surface area contributed by atoms with E-state index in [1.165, 1.54) is 13.3 Å². The Morgan fingerprint density at radius 3 is 2.52 bits per heavy atom. The van der Waals surface area contributed by atoms with E-state index in [4.69, 9.17) is 4.74 Å². The molecule has 0 spiro atoms. The summed E-state index contributed by atoms with van der Waals surface area (Å²) in [5.41, 5.74) is 1.94. The standard InChI is InChI=1S/C20H17N7O2/c1-29-19-13-14(9-11-21-19)20(28)24-16-5-3-15(4-6-16)23-17-7-8-18(26-25-17)27-12-2-10-22-27/h2-13H,1H3,(H,23,25)(H,24,28). The Bertz CT molecular complexity index is 1090. The molecule has 0 aliphatic rings. The Morgan fingerprint density at radius 1 is 1.00 bits per heavy atom. The second-order valence-electron chi connectivity index (χ2n) is 5.97. The third kappa shape index (κ3) is 4.35. The highest BCUT2D eigenvalue weighted by atomic mass is 16.5. The second-order valence-corrected chi connectivity index (χ2v) is 5.97. The first-order chi connectivity index (χ1) is 14.2. The lowest BCUT2D eigenvalue weighted by atomic mass is 10.2. The summed E-state index contributed by atoms with van der Waals surface area (Å²) in [6.45, 7) is 0. The third-order valence-corrected chi connectivity index (χ3v) is 4.01. The number of amides is 1. The predicted octanol–water partition coefficient (Wildman–Crippen LogP) is 3.06. The third-order valence-electron chi connectivity index (χ3n) is 4.01. The lowest BCUT2D eigenvalue weighted by Gasteiger charge is -2.09. The maximum absolute atomic E-state index is 12.4. The van der Waals surface area contributed by atoms with Crippen molar-refractivity contribution in [3.63, 3.8) is 0 Å². The number of hydrogen-bond acceptors (Lipinski definition) is 7. The van der Waals surface area contributed by atoms with Gasteiger partial charge in [0.05, 0.1) is 7.11 Å². The SMILES string of the molecule is COc1cc(C(=O)Nc2ccc(Nc3ccc(-n4cccn4)nn3)cc2)ccn1. The number of carbonyl (C=O) groups excluding carboxylic acids is 1. The van der Waals surface area contributed by atoms with E-state index in [0.717, 1.165) is 5.69 Å². The largest absolute Gasteiger partial charge is 0.481 e. The average molecular weight is 387 g/mol. The molecular formula is C20H17N7O2. The minimum Gasteiger partial charge on any atom is -0.481 e. The average Bonchev–Trinajstić information content (AvgIpc) is 3.31. The predicted molar refractivity (Wildman–Crippen MR) is 108 cm³/mol. The van der Waals surface area contributed by atoms with E-state index in [-0.39, 0.29) is 5.91 Å². The molecule has 0 saturated carbocycles. The van der Waals surface area contributed by atoms with Crippen LogP contribution in [0.3, 0.4) is 0 Å². The van der Waals surface area contributed by atoms with Crippen LogP contribution in [0.25, 0.3) is 5.82 Å². The van der Waals surface area contributed by atoms with Gasteiger partial charge < -0.3 is 15.4 Å². The highest BCUT2D eigenvalue weighted by Crippen LogP contribution is 2.19. The first-order valence-corrected chi connectivity index (χ1v) is 8.73. The zero-order valence-electron chi connectivity index (χ0n) is 15.5. The Balaban J connectivity index is 1.39. The summed E-state index contributed by atoms with van der Waals surface area (Å²) in [5.74, 6) is 1.37.